The SMILES string of the molecule is C#CCC1(C)CCC(N)C1. The number of hydrogen-bond donors (Lipinski definition) is 1. The fraction of sp³-hybridized carbons (Fsp3) is 0.778. The summed E-state index contributed by atoms with van der Waals surface area (Å²) < 4.78 is 0. The molecule has 1 nitrogen and oxygen atoms in total. The summed E-state index contributed by atoms with van der Waals surface area (Å²) >= 11 is 0. The Labute approximate surface area is 63.0 Å². The second-order valence-corrected chi connectivity index (χ2v) is 3.69. The van der Waals surface area contributed by atoms with Gasteiger partial charge in [0.25, 0.3) is 0 Å². The van der Waals surface area contributed by atoms with Gasteiger partial charge >= 0.3 is 0 Å². The van der Waals surface area contributed by atoms with E-state index in [0.717, 1.165) is 19.3 Å². The zero-order chi connectivity index (χ0) is 7.61. The molecule has 0 saturated heterocycles. The highest BCUT2D eigenvalue weighted by Crippen LogP contribution is 2.39. The Bertz CT molecular complexity index is 157. The molecule has 0 aromatic heterocycles. The van der Waals surface area contributed by atoms with Crippen molar-refractivity contribution in [1.82, 2.24) is 0 Å². The molecular weight excluding hydrogens is 122 g/mol. The van der Waals surface area contributed by atoms with Crippen molar-refractivity contribution in [2.75, 3.05) is 0 Å². The molecule has 56 valence electrons. The number of hydrogen-bond acceptors (Lipinski definition) is 1. The Balaban J connectivity index is 2.48. The zero-order valence-electron chi connectivity index (χ0n) is 6.56. The van der Waals surface area contributed by atoms with Gasteiger partial charge in [-0.3, -0.25) is 0 Å². The maximum Gasteiger partial charge on any atom is 0.0141 e. The molecule has 1 rings (SSSR count). The molecule has 0 aliphatic heterocycles. The molecular formula is C9H15N. The number of rotatable bonds is 1. The summed E-state index contributed by atoms with van der Waals surface area (Å²) in [7, 11) is 0. The van der Waals surface area contributed by atoms with E-state index in [1.54, 1.807) is 0 Å². The minimum absolute atomic E-state index is 0.355. The van der Waals surface area contributed by atoms with Crippen LogP contribution < -0.4 is 5.73 Å². The summed E-state index contributed by atoms with van der Waals surface area (Å²) in [5, 5.41) is 0. The van der Waals surface area contributed by atoms with Crippen molar-refractivity contribution in [3.8, 4) is 12.3 Å². The van der Waals surface area contributed by atoms with E-state index in [0.29, 0.717) is 11.5 Å². The van der Waals surface area contributed by atoms with Crippen molar-refractivity contribution in [3.63, 3.8) is 0 Å². The largest absolute Gasteiger partial charge is 0.328 e. The third-order valence-electron chi connectivity index (χ3n) is 2.40. The molecule has 1 fully saturated rings. The van der Waals surface area contributed by atoms with Crippen molar-refractivity contribution in [1.29, 1.82) is 0 Å². The topological polar surface area (TPSA) is 26.0 Å². The minimum Gasteiger partial charge on any atom is -0.328 e. The molecule has 2 N–H and O–H groups in total. The third-order valence-corrected chi connectivity index (χ3v) is 2.40. The molecule has 2 unspecified atom stereocenters. The van der Waals surface area contributed by atoms with Gasteiger partial charge in [0, 0.05) is 12.5 Å². The molecule has 1 aliphatic carbocycles. The molecule has 1 aliphatic rings. The molecule has 0 spiro atoms. The first-order chi connectivity index (χ1) is 4.66. The normalized spacial score (nSPS) is 39.5. The van der Waals surface area contributed by atoms with Gasteiger partial charge in [-0.05, 0) is 24.7 Å². The number of terminal acetylenes is 1. The van der Waals surface area contributed by atoms with Crippen LogP contribution in [0.5, 0.6) is 0 Å². The van der Waals surface area contributed by atoms with E-state index in [4.69, 9.17) is 12.2 Å². The fourth-order valence-corrected chi connectivity index (χ4v) is 1.78. The molecule has 1 saturated carbocycles. The van der Waals surface area contributed by atoms with Crippen LogP contribution in [0.1, 0.15) is 32.6 Å². The highest BCUT2D eigenvalue weighted by atomic mass is 14.7. The van der Waals surface area contributed by atoms with Gasteiger partial charge in [0.05, 0.1) is 0 Å². The van der Waals surface area contributed by atoms with Gasteiger partial charge in [-0.2, -0.15) is 0 Å². The van der Waals surface area contributed by atoms with Crippen LogP contribution >= 0.6 is 0 Å². The fourth-order valence-electron chi connectivity index (χ4n) is 1.78. The van der Waals surface area contributed by atoms with E-state index in [1.807, 2.05) is 0 Å². The average Bonchev–Trinajstić information content (AvgIpc) is 2.12. The van der Waals surface area contributed by atoms with E-state index < -0.39 is 0 Å². The Morgan fingerprint density at radius 3 is 2.90 bits per heavy atom. The zero-order valence-corrected chi connectivity index (χ0v) is 6.56. The van der Waals surface area contributed by atoms with Crippen molar-refractivity contribution in [3.05, 3.63) is 0 Å². The summed E-state index contributed by atoms with van der Waals surface area (Å²) in [6.45, 7) is 2.24. The van der Waals surface area contributed by atoms with Crippen LogP contribution in [-0.2, 0) is 0 Å². The van der Waals surface area contributed by atoms with Gasteiger partial charge in [-0.25, -0.2) is 0 Å². The number of nitrogens with two attached hydrogens (primary N) is 1. The quantitative estimate of drug-likeness (QED) is 0.545. The van der Waals surface area contributed by atoms with Gasteiger partial charge < -0.3 is 5.73 Å². The second kappa shape index (κ2) is 2.64. The lowest BCUT2D eigenvalue weighted by atomic mass is 9.85. The lowest BCUT2D eigenvalue weighted by molar-refractivity contribution is 0.342. The Hall–Kier alpha value is -0.480. The third kappa shape index (κ3) is 1.52. The van der Waals surface area contributed by atoms with Gasteiger partial charge in [0.1, 0.15) is 0 Å². The summed E-state index contributed by atoms with van der Waals surface area (Å²) in [6, 6.07) is 0.401. The molecule has 1 heteroatoms. The summed E-state index contributed by atoms with van der Waals surface area (Å²) in [5.74, 6) is 2.72. The molecule has 10 heavy (non-hydrogen) atoms. The van der Waals surface area contributed by atoms with E-state index in [9.17, 15) is 0 Å². The van der Waals surface area contributed by atoms with Crippen LogP contribution in [0.2, 0.25) is 0 Å². The summed E-state index contributed by atoms with van der Waals surface area (Å²) in [4.78, 5) is 0. The Kier molecular flexibility index (Phi) is 2.01. The van der Waals surface area contributed by atoms with Crippen LogP contribution in [0.3, 0.4) is 0 Å². The van der Waals surface area contributed by atoms with Crippen molar-refractivity contribution in [2.24, 2.45) is 11.1 Å². The Morgan fingerprint density at radius 2 is 2.50 bits per heavy atom. The monoisotopic (exact) mass is 137 g/mol. The average molecular weight is 137 g/mol. The van der Waals surface area contributed by atoms with Crippen LogP contribution in [-0.4, -0.2) is 6.04 Å². The van der Waals surface area contributed by atoms with Gasteiger partial charge in [0.15, 0.2) is 0 Å². The first kappa shape index (κ1) is 7.63. The molecule has 0 bridgehead atoms. The van der Waals surface area contributed by atoms with E-state index in [2.05, 4.69) is 12.8 Å². The smallest absolute Gasteiger partial charge is 0.0141 e. The van der Waals surface area contributed by atoms with Crippen LogP contribution in [0.15, 0.2) is 0 Å². The molecule has 0 heterocycles. The Morgan fingerprint density at radius 1 is 1.80 bits per heavy atom. The predicted molar refractivity (Wildman–Crippen MR) is 43.4 cm³/mol. The summed E-state index contributed by atoms with van der Waals surface area (Å²) in [6.07, 6.45) is 9.60. The predicted octanol–water partition coefficient (Wildman–Crippen LogP) is 1.53. The van der Waals surface area contributed by atoms with E-state index in [-0.39, 0.29) is 0 Å². The molecule has 2 atom stereocenters. The van der Waals surface area contributed by atoms with Gasteiger partial charge in [0.2, 0.25) is 0 Å². The molecule has 0 aromatic carbocycles. The van der Waals surface area contributed by atoms with Gasteiger partial charge in [-0.15, -0.1) is 12.3 Å². The highest BCUT2D eigenvalue weighted by molar-refractivity contribution is 4.97. The second-order valence-electron chi connectivity index (χ2n) is 3.69. The maximum absolute atomic E-state index is 5.77. The van der Waals surface area contributed by atoms with Crippen molar-refractivity contribution < 1.29 is 0 Å². The minimum atomic E-state index is 0.355. The lowest BCUT2D eigenvalue weighted by Crippen LogP contribution is -2.18. The first-order valence-corrected chi connectivity index (χ1v) is 3.85. The van der Waals surface area contributed by atoms with E-state index in [1.165, 1.54) is 6.42 Å². The van der Waals surface area contributed by atoms with Gasteiger partial charge in [-0.1, -0.05) is 6.92 Å². The van der Waals surface area contributed by atoms with Crippen molar-refractivity contribution in [2.45, 2.75) is 38.6 Å². The van der Waals surface area contributed by atoms with E-state index >= 15 is 0 Å². The molecule has 0 amide bonds. The highest BCUT2D eigenvalue weighted by Gasteiger charge is 2.32. The lowest BCUT2D eigenvalue weighted by Gasteiger charge is -2.19. The van der Waals surface area contributed by atoms with Crippen LogP contribution in [0.25, 0.3) is 0 Å². The molecule has 0 aromatic rings. The standard InChI is InChI=1S/C9H15N/c1-3-5-9(2)6-4-8(10)7-9/h1,8H,4-7,10H2,2H3. The maximum atomic E-state index is 5.77. The van der Waals surface area contributed by atoms with Crippen LogP contribution in [0, 0.1) is 17.8 Å². The molecule has 0 radical (unpaired) electrons. The first-order valence-electron chi connectivity index (χ1n) is 3.85. The van der Waals surface area contributed by atoms with Crippen LogP contribution in [0.4, 0.5) is 0 Å². The van der Waals surface area contributed by atoms with Crippen molar-refractivity contribution >= 4 is 0 Å². The summed E-state index contributed by atoms with van der Waals surface area (Å²) in [5.41, 5.74) is 6.13.